The molecule has 7 nitrogen and oxygen atoms in total. The average Bonchev–Trinajstić information content (AvgIpc) is 3.14. The van der Waals surface area contributed by atoms with Crippen molar-refractivity contribution >= 4 is 11.6 Å². The van der Waals surface area contributed by atoms with Gasteiger partial charge in [-0.15, -0.1) is 0 Å². The molecule has 1 heterocycles. The van der Waals surface area contributed by atoms with Crippen LogP contribution in [0.3, 0.4) is 0 Å². The number of benzene rings is 2. The molecule has 0 aliphatic heterocycles. The topological polar surface area (TPSA) is 90.1 Å². The number of nitro benzene ring substituents is 1. The molecule has 2 aromatic carbocycles. The fourth-order valence-corrected chi connectivity index (χ4v) is 2.59. The Balaban J connectivity index is 1.75. The summed E-state index contributed by atoms with van der Waals surface area (Å²) in [6.07, 6.45) is 5.22. The van der Waals surface area contributed by atoms with Gasteiger partial charge in [0.2, 0.25) is 0 Å². The SMILES string of the molecule is Cc1cc(C(=O)NCc2ccccc2-n2ccnc2)ccc1[N+](=O)[O-]. The lowest BCUT2D eigenvalue weighted by Gasteiger charge is -2.11. The molecule has 0 fully saturated rings. The van der Waals surface area contributed by atoms with Gasteiger partial charge in [0, 0.05) is 36.1 Å². The Kier molecular flexibility index (Phi) is 4.56. The van der Waals surface area contributed by atoms with Crippen LogP contribution < -0.4 is 5.32 Å². The molecule has 126 valence electrons. The fraction of sp³-hybridized carbons (Fsp3) is 0.111. The number of aromatic nitrogens is 2. The van der Waals surface area contributed by atoms with E-state index in [0.717, 1.165) is 11.3 Å². The van der Waals surface area contributed by atoms with Gasteiger partial charge in [-0.2, -0.15) is 0 Å². The van der Waals surface area contributed by atoms with Crippen molar-refractivity contribution in [2.75, 3.05) is 0 Å². The zero-order chi connectivity index (χ0) is 17.8. The molecule has 0 aliphatic carbocycles. The van der Waals surface area contributed by atoms with Gasteiger partial charge in [0.1, 0.15) is 0 Å². The smallest absolute Gasteiger partial charge is 0.272 e. The maximum Gasteiger partial charge on any atom is 0.272 e. The molecule has 1 aromatic heterocycles. The third-order valence-corrected chi connectivity index (χ3v) is 3.87. The number of para-hydroxylation sites is 1. The molecule has 7 heteroatoms. The Morgan fingerprint density at radius 3 is 2.76 bits per heavy atom. The van der Waals surface area contributed by atoms with Gasteiger partial charge >= 0.3 is 0 Å². The summed E-state index contributed by atoms with van der Waals surface area (Å²) in [5, 5.41) is 13.7. The van der Waals surface area contributed by atoms with Crippen LogP contribution in [-0.2, 0) is 6.54 Å². The molecule has 25 heavy (non-hydrogen) atoms. The van der Waals surface area contributed by atoms with E-state index in [0.29, 0.717) is 17.7 Å². The molecule has 0 spiro atoms. The largest absolute Gasteiger partial charge is 0.348 e. The van der Waals surface area contributed by atoms with Crippen molar-refractivity contribution in [3.63, 3.8) is 0 Å². The molecular formula is C18H16N4O3. The summed E-state index contributed by atoms with van der Waals surface area (Å²) in [6.45, 7) is 1.95. The highest BCUT2D eigenvalue weighted by Crippen LogP contribution is 2.19. The van der Waals surface area contributed by atoms with Crippen molar-refractivity contribution in [3.8, 4) is 5.69 Å². The number of hydrogen-bond donors (Lipinski definition) is 1. The van der Waals surface area contributed by atoms with E-state index < -0.39 is 4.92 Å². The average molecular weight is 336 g/mol. The summed E-state index contributed by atoms with van der Waals surface area (Å²) in [5.74, 6) is -0.279. The van der Waals surface area contributed by atoms with Gasteiger partial charge < -0.3 is 9.88 Å². The Hall–Kier alpha value is -3.48. The second kappa shape index (κ2) is 6.96. The van der Waals surface area contributed by atoms with Gasteiger partial charge in [-0.05, 0) is 30.7 Å². The van der Waals surface area contributed by atoms with Crippen LogP contribution in [-0.4, -0.2) is 20.4 Å². The zero-order valence-corrected chi connectivity index (χ0v) is 13.5. The van der Waals surface area contributed by atoms with Crippen LogP contribution in [0.15, 0.2) is 61.2 Å². The Bertz CT molecular complexity index is 920. The van der Waals surface area contributed by atoms with Crippen LogP contribution in [0.1, 0.15) is 21.5 Å². The number of nitrogens with one attached hydrogen (secondary N) is 1. The van der Waals surface area contributed by atoms with E-state index in [1.807, 2.05) is 35.0 Å². The van der Waals surface area contributed by atoms with Crippen LogP contribution in [0, 0.1) is 17.0 Å². The summed E-state index contributed by atoms with van der Waals surface area (Å²) >= 11 is 0. The van der Waals surface area contributed by atoms with Crippen LogP contribution in [0.5, 0.6) is 0 Å². The number of imidazole rings is 1. The third-order valence-electron chi connectivity index (χ3n) is 3.87. The summed E-state index contributed by atoms with van der Waals surface area (Å²) in [4.78, 5) is 26.8. The maximum atomic E-state index is 12.3. The predicted octanol–water partition coefficient (Wildman–Crippen LogP) is 3.02. The lowest BCUT2D eigenvalue weighted by Crippen LogP contribution is -2.23. The molecular weight excluding hydrogens is 320 g/mol. The number of nitro groups is 1. The van der Waals surface area contributed by atoms with E-state index in [2.05, 4.69) is 10.3 Å². The molecule has 0 aliphatic rings. The van der Waals surface area contributed by atoms with Crippen LogP contribution in [0.4, 0.5) is 5.69 Å². The fourth-order valence-electron chi connectivity index (χ4n) is 2.59. The zero-order valence-electron chi connectivity index (χ0n) is 13.5. The summed E-state index contributed by atoms with van der Waals surface area (Å²) in [7, 11) is 0. The highest BCUT2D eigenvalue weighted by molar-refractivity contribution is 5.94. The van der Waals surface area contributed by atoms with E-state index in [1.54, 1.807) is 19.4 Å². The minimum absolute atomic E-state index is 0.00186. The number of nitrogens with zero attached hydrogens (tertiary/aromatic N) is 3. The van der Waals surface area contributed by atoms with Gasteiger partial charge in [0.15, 0.2) is 0 Å². The number of aryl methyl sites for hydroxylation is 1. The number of rotatable bonds is 5. The Labute approximate surface area is 144 Å². The van der Waals surface area contributed by atoms with E-state index in [-0.39, 0.29) is 11.6 Å². The molecule has 1 amide bonds. The molecule has 0 bridgehead atoms. The van der Waals surface area contributed by atoms with E-state index in [1.165, 1.54) is 18.2 Å². The van der Waals surface area contributed by atoms with Crippen molar-refractivity contribution in [3.05, 3.63) is 88.0 Å². The minimum Gasteiger partial charge on any atom is -0.348 e. The first-order chi connectivity index (χ1) is 12.1. The van der Waals surface area contributed by atoms with Gasteiger partial charge in [0.05, 0.1) is 16.9 Å². The number of amides is 1. The Morgan fingerprint density at radius 2 is 2.08 bits per heavy atom. The van der Waals surface area contributed by atoms with E-state index >= 15 is 0 Å². The van der Waals surface area contributed by atoms with Crippen molar-refractivity contribution in [1.29, 1.82) is 0 Å². The van der Waals surface area contributed by atoms with Gasteiger partial charge in [0.25, 0.3) is 11.6 Å². The number of carbonyl (C=O) groups is 1. The molecule has 0 atom stereocenters. The van der Waals surface area contributed by atoms with Crippen LogP contribution >= 0.6 is 0 Å². The standard InChI is InChI=1S/C18H16N4O3/c1-13-10-14(6-7-16(13)22(24)25)18(23)20-11-15-4-2-3-5-17(15)21-9-8-19-12-21/h2-10,12H,11H2,1H3,(H,20,23). The second-order valence-electron chi connectivity index (χ2n) is 5.54. The van der Waals surface area contributed by atoms with Crippen molar-refractivity contribution < 1.29 is 9.72 Å². The molecule has 0 saturated heterocycles. The number of carbonyl (C=O) groups excluding carboxylic acids is 1. The maximum absolute atomic E-state index is 12.3. The van der Waals surface area contributed by atoms with Crippen molar-refractivity contribution in [1.82, 2.24) is 14.9 Å². The van der Waals surface area contributed by atoms with Crippen LogP contribution in [0.25, 0.3) is 5.69 Å². The van der Waals surface area contributed by atoms with Crippen LogP contribution in [0.2, 0.25) is 0 Å². The Morgan fingerprint density at radius 1 is 1.28 bits per heavy atom. The summed E-state index contributed by atoms with van der Waals surface area (Å²) < 4.78 is 1.87. The van der Waals surface area contributed by atoms with Crippen molar-refractivity contribution in [2.24, 2.45) is 0 Å². The van der Waals surface area contributed by atoms with E-state index in [4.69, 9.17) is 0 Å². The lowest BCUT2D eigenvalue weighted by atomic mass is 10.1. The highest BCUT2D eigenvalue weighted by Gasteiger charge is 2.14. The first-order valence-corrected chi connectivity index (χ1v) is 7.66. The molecule has 1 N–H and O–H groups in total. The molecule has 0 unspecified atom stereocenters. The molecule has 3 rings (SSSR count). The third kappa shape index (κ3) is 3.55. The molecule has 0 saturated carbocycles. The normalized spacial score (nSPS) is 10.4. The molecule has 0 radical (unpaired) electrons. The summed E-state index contributed by atoms with van der Waals surface area (Å²) in [6, 6.07) is 12.0. The van der Waals surface area contributed by atoms with Gasteiger partial charge in [-0.25, -0.2) is 4.98 Å². The second-order valence-corrected chi connectivity index (χ2v) is 5.54. The highest BCUT2D eigenvalue weighted by atomic mass is 16.6. The van der Waals surface area contributed by atoms with Crippen molar-refractivity contribution in [2.45, 2.75) is 13.5 Å². The van der Waals surface area contributed by atoms with Gasteiger partial charge in [-0.3, -0.25) is 14.9 Å². The lowest BCUT2D eigenvalue weighted by molar-refractivity contribution is -0.385. The minimum atomic E-state index is -0.460. The number of hydrogen-bond acceptors (Lipinski definition) is 4. The summed E-state index contributed by atoms with van der Waals surface area (Å²) in [5.41, 5.74) is 2.72. The first kappa shape index (κ1) is 16.4. The van der Waals surface area contributed by atoms with Gasteiger partial charge in [-0.1, -0.05) is 18.2 Å². The first-order valence-electron chi connectivity index (χ1n) is 7.66. The van der Waals surface area contributed by atoms with E-state index in [9.17, 15) is 14.9 Å². The molecule has 3 aromatic rings. The predicted molar refractivity (Wildman–Crippen MR) is 92.6 cm³/mol. The monoisotopic (exact) mass is 336 g/mol. The quantitative estimate of drug-likeness (QED) is 0.573.